The molecule has 0 aliphatic rings. The zero-order chi connectivity index (χ0) is 14.0. The molecule has 2 aromatic rings. The molecular weight excluding hydrogens is 275 g/mol. The Labute approximate surface area is 110 Å². The van der Waals surface area contributed by atoms with Gasteiger partial charge in [0, 0.05) is 16.1 Å². The third kappa shape index (κ3) is 2.96. The second kappa shape index (κ2) is 5.44. The Hall–Kier alpha value is -1.82. The first kappa shape index (κ1) is 13.6. The lowest BCUT2D eigenvalue weighted by molar-refractivity contribution is 0.505. The summed E-state index contributed by atoms with van der Waals surface area (Å²) in [6, 6.07) is 7.05. The van der Waals surface area contributed by atoms with Crippen LogP contribution in [0.15, 0.2) is 41.3 Å². The van der Waals surface area contributed by atoms with Crippen LogP contribution in [0.25, 0.3) is 0 Å². The Morgan fingerprint density at radius 2 is 1.74 bits per heavy atom. The Morgan fingerprint density at radius 1 is 1.00 bits per heavy atom. The van der Waals surface area contributed by atoms with E-state index in [1.807, 2.05) is 0 Å². The van der Waals surface area contributed by atoms with Crippen molar-refractivity contribution in [3.8, 4) is 0 Å². The van der Waals surface area contributed by atoms with Gasteiger partial charge in [0.1, 0.15) is 5.82 Å². The van der Waals surface area contributed by atoms with Gasteiger partial charge in [-0.3, -0.25) is 4.21 Å². The zero-order valence-corrected chi connectivity index (χ0v) is 10.5. The summed E-state index contributed by atoms with van der Waals surface area (Å²) >= 11 is 0. The number of rotatable bonds is 3. The van der Waals surface area contributed by atoms with Crippen LogP contribution in [0.2, 0.25) is 0 Å². The highest BCUT2D eigenvalue weighted by molar-refractivity contribution is 7.84. The van der Waals surface area contributed by atoms with Crippen LogP contribution in [0, 0.1) is 17.5 Å². The lowest BCUT2D eigenvalue weighted by Gasteiger charge is -2.07. The third-order valence-electron chi connectivity index (χ3n) is 2.58. The topological polar surface area (TPSA) is 43.1 Å². The predicted molar refractivity (Wildman–Crippen MR) is 67.3 cm³/mol. The van der Waals surface area contributed by atoms with Crippen LogP contribution in [0.3, 0.4) is 0 Å². The van der Waals surface area contributed by atoms with Gasteiger partial charge in [-0.2, -0.15) is 0 Å². The fraction of sp³-hybridized carbons (Fsp3) is 0.0769. The van der Waals surface area contributed by atoms with Gasteiger partial charge in [0.25, 0.3) is 0 Å². The number of anilines is 1. The maximum absolute atomic E-state index is 13.5. The maximum Gasteiger partial charge on any atom is 0.160 e. The molecule has 2 nitrogen and oxygen atoms in total. The van der Waals surface area contributed by atoms with Crippen LogP contribution in [0.1, 0.15) is 5.56 Å². The van der Waals surface area contributed by atoms with E-state index < -0.39 is 28.3 Å². The number of hydrogen-bond acceptors (Lipinski definition) is 2. The minimum absolute atomic E-state index is 0.0848. The third-order valence-corrected chi connectivity index (χ3v) is 3.92. The van der Waals surface area contributed by atoms with Crippen LogP contribution in [-0.4, -0.2) is 4.21 Å². The lowest BCUT2D eigenvalue weighted by Crippen LogP contribution is -2.03. The van der Waals surface area contributed by atoms with Crippen molar-refractivity contribution in [3.63, 3.8) is 0 Å². The van der Waals surface area contributed by atoms with Crippen molar-refractivity contribution in [2.75, 3.05) is 5.73 Å². The van der Waals surface area contributed by atoms with Crippen LogP contribution >= 0.6 is 0 Å². The van der Waals surface area contributed by atoms with Crippen LogP contribution in [0.5, 0.6) is 0 Å². The van der Waals surface area contributed by atoms with Gasteiger partial charge in [-0.15, -0.1) is 0 Å². The summed E-state index contributed by atoms with van der Waals surface area (Å²) in [5.41, 5.74) is 5.87. The Morgan fingerprint density at radius 3 is 2.37 bits per heavy atom. The van der Waals surface area contributed by atoms with E-state index in [-0.39, 0.29) is 21.9 Å². The molecule has 0 aliphatic carbocycles. The second-order valence-electron chi connectivity index (χ2n) is 3.87. The number of hydrogen-bond donors (Lipinski definition) is 1. The van der Waals surface area contributed by atoms with E-state index in [1.54, 1.807) is 0 Å². The number of benzene rings is 2. The molecule has 1 unspecified atom stereocenters. The molecule has 19 heavy (non-hydrogen) atoms. The van der Waals surface area contributed by atoms with E-state index in [9.17, 15) is 17.4 Å². The van der Waals surface area contributed by atoms with Crippen molar-refractivity contribution in [1.29, 1.82) is 0 Å². The van der Waals surface area contributed by atoms with Gasteiger partial charge in [-0.25, -0.2) is 13.2 Å². The molecule has 1 atom stereocenters. The van der Waals surface area contributed by atoms with E-state index in [1.165, 1.54) is 24.3 Å². The molecule has 100 valence electrons. The molecule has 0 amide bonds. The van der Waals surface area contributed by atoms with Crippen molar-refractivity contribution in [2.45, 2.75) is 10.6 Å². The highest BCUT2D eigenvalue weighted by atomic mass is 32.2. The number of nitrogens with two attached hydrogens (primary N) is 1. The monoisotopic (exact) mass is 285 g/mol. The molecule has 0 bridgehead atoms. The highest BCUT2D eigenvalue weighted by Gasteiger charge is 2.13. The van der Waals surface area contributed by atoms with Crippen molar-refractivity contribution in [1.82, 2.24) is 0 Å². The molecule has 0 spiro atoms. The molecule has 0 saturated carbocycles. The Bertz CT molecular complexity index is 626. The van der Waals surface area contributed by atoms with E-state index in [4.69, 9.17) is 5.73 Å². The largest absolute Gasteiger partial charge is 0.398 e. The molecule has 0 fully saturated rings. The quantitative estimate of drug-likeness (QED) is 0.881. The molecule has 0 saturated heterocycles. The van der Waals surface area contributed by atoms with Crippen LogP contribution in [0.4, 0.5) is 18.9 Å². The predicted octanol–water partition coefficient (Wildman–Crippen LogP) is 2.99. The first-order valence-corrected chi connectivity index (χ1v) is 6.67. The Kier molecular flexibility index (Phi) is 3.90. The van der Waals surface area contributed by atoms with Crippen molar-refractivity contribution in [2.24, 2.45) is 0 Å². The molecule has 0 radical (unpaired) electrons. The molecule has 6 heteroatoms. The average molecular weight is 285 g/mol. The summed E-state index contributed by atoms with van der Waals surface area (Å²) in [4.78, 5) is 0.0848. The first-order valence-electron chi connectivity index (χ1n) is 5.35. The fourth-order valence-corrected chi connectivity index (χ4v) is 2.75. The molecule has 2 aromatic carbocycles. The molecule has 0 aliphatic heterocycles. The molecular formula is C13H10F3NOS. The number of halogens is 3. The summed E-state index contributed by atoms with van der Waals surface area (Å²) < 4.78 is 51.3. The zero-order valence-electron chi connectivity index (χ0n) is 9.70. The smallest absolute Gasteiger partial charge is 0.160 e. The van der Waals surface area contributed by atoms with E-state index >= 15 is 0 Å². The minimum atomic E-state index is -1.70. The van der Waals surface area contributed by atoms with Gasteiger partial charge in [0.15, 0.2) is 11.6 Å². The molecule has 2 N–H and O–H groups in total. The highest BCUT2D eigenvalue weighted by Crippen LogP contribution is 2.21. The summed E-state index contributed by atoms with van der Waals surface area (Å²) in [6.07, 6.45) is 0. The minimum Gasteiger partial charge on any atom is -0.398 e. The maximum atomic E-state index is 13.5. The number of nitrogen functional groups attached to an aromatic ring is 1. The van der Waals surface area contributed by atoms with Crippen LogP contribution < -0.4 is 5.73 Å². The van der Waals surface area contributed by atoms with Gasteiger partial charge in [0.2, 0.25) is 0 Å². The van der Waals surface area contributed by atoms with Gasteiger partial charge >= 0.3 is 0 Å². The summed E-state index contributed by atoms with van der Waals surface area (Å²) in [7, 11) is -1.70. The second-order valence-corrected chi connectivity index (χ2v) is 5.32. The van der Waals surface area contributed by atoms with E-state index in [2.05, 4.69) is 0 Å². The summed E-state index contributed by atoms with van der Waals surface area (Å²) in [6.45, 7) is 0. The standard InChI is InChI=1S/C13H10F3NOS/c14-10-2-1-3-13(17)9(10)7-19(18)8-4-5-11(15)12(16)6-8/h1-6H,7,17H2. The Balaban J connectivity index is 2.28. The van der Waals surface area contributed by atoms with Gasteiger partial charge in [-0.05, 0) is 30.3 Å². The lowest BCUT2D eigenvalue weighted by atomic mass is 10.2. The molecule has 0 aromatic heterocycles. The van der Waals surface area contributed by atoms with Crippen molar-refractivity contribution >= 4 is 16.5 Å². The van der Waals surface area contributed by atoms with Crippen molar-refractivity contribution < 1.29 is 17.4 Å². The van der Waals surface area contributed by atoms with Gasteiger partial charge < -0.3 is 5.73 Å². The summed E-state index contributed by atoms with van der Waals surface area (Å²) in [5.74, 6) is -2.88. The normalized spacial score (nSPS) is 12.4. The van der Waals surface area contributed by atoms with E-state index in [0.717, 1.165) is 12.1 Å². The van der Waals surface area contributed by atoms with Crippen LogP contribution in [-0.2, 0) is 16.6 Å². The molecule has 0 heterocycles. The fourth-order valence-electron chi connectivity index (χ4n) is 1.56. The summed E-state index contributed by atoms with van der Waals surface area (Å²) in [5, 5.41) is 0. The van der Waals surface area contributed by atoms with Gasteiger partial charge in [0.05, 0.1) is 16.6 Å². The first-order chi connectivity index (χ1) is 8.99. The van der Waals surface area contributed by atoms with Crippen molar-refractivity contribution in [3.05, 3.63) is 59.4 Å². The van der Waals surface area contributed by atoms with E-state index in [0.29, 0.717) is 0 Å². The molecule has 2 rings (SSSR count). The average Bonchev–Trinajstić information content (AvgIpc) is 2.37. The van der Waals surface area contributed by atoms with Gasteiger partial charge in [-0.1, -0.05) is 6.07 Å². The SMILES string of the molecule is Nc1cccc(F)c1CS(=O)c1ccc(F)c(F)c1.